The van der Waals surface area contributed by atoms with Crippen molar-refractivity contribution in [3.05, 3.63) is 63.6 Å². The molecule has 7 nitrogen and oxygen atoms in total. The Labute approximate surface area is 132 Å². The number of primary amides is 1. The molecule has 23 heavy (non-hydrogen) atoms. The van der Waals surface area contributed by atoms with Crippen LogP contribution >= 0.6 is 0 Å². The highest BCUT2D eigenvalue weighted by molar-refractivity contribution is 5.93. The minimum Gasteiger partial charge on any atom is -0.366 e. The number of H-pyrrole nitrogens is 1. The van der Waals surface area contributed by atoms with Gasteiger partial charge in [0.25, 0.3) is 11.5 Å². The van der Waals surface area contributed by atoms with E-state index in [4.69, 9.17) is 5.73 Å². The van der Waals surface area contributed by atoms with Gasteiger partial charge in [-0.05, 0) is 36.6 Å². The van der Waals surface area contributed by atoms with Crippen molar-refractivity contribution in [1.29, 1.82) is 0 Å². The van der Waals surface area contributed by atoms with Crippen LogP contribution in [0.5, 0.6) is 0 Å². The van der Waals surface area contributed by atoms with Crippen LogP contribution in [0.1, 0.15) is 39.3 Å². The first-order chi connectivity index (χ1) is 11.0. The average Bonchev–Trinajstić information content (AvgIpc) is 3.38. The number of carbonyl (C=O) groups excluding carboxylic acids is 2. The molecule has 2 aromatic rings. The topological polar surface area (TPSA) is 109 Å². The SMILES string of the molecule is NC(=O)c1ccc(CN(C(=O)c2ccc(=O)[nH]n2)C2CC2)cc1. The van der Waals surface area contributed by atoms with Crippen molar-refractivity contribution in [3.8, 4) is 0 Å². The van der Waals surface area contributed by atoms with Crippen molar-refractivity contribution < 1.29 is 9.59 Å². The molecule has 0 bridgehead atoms. The summed E-state index contributed by atoms with van der Waals surface area (Å²) in [4.78, 5) is 36.5. The van der Waals surface area contributed by atoms with Crippen LogP contribution in [0.2, 0.25) is 0 Å². The lowest BCUT2D eigenvalue weighted by molar-refractivity contribution is 0.0722. The highest BCUT2D eigenvalue weighted by atomic mass is 16.2. The number of benzene rings is 1. The first kappa shape index (κ1) is 15.0. The summed E-state index contributed by atoms with van der Waals surface area (Å²) >= 11 is 0. The first-order valence-corrected chi connectivity index (χ1v) is 7.30. The van der Waals surface area contributed by atoms with Crippen molar-refractivity contribution in [2.24, 2.45) is 5.73 Å². The van der Waals surface area contributed by atoms with Crippen molar-refractivity contribution in [3.63, 3.8) is 0 Å². The number of hydrogen-bond donors (Lipinski definition) is 2. The predicted octanol–water partition coefficient (Wildman–Crippen LogP) is 0.674. The molecule has 1 heterocycles. The summed E-state index contributed by atoms with van der Waals surface area (Å²) in [6.07, 6.45) is 1.91. The third kappa shape index (κ3) is 3.45. The molecule has 118 valence electrons. The summed E-state index contributed by atoms with van der Waals surface area (Å²) in [6.45, 7) is 0.420. The maximum atomic E-state index is 12.6. The fourth-order valence-corrected chi connectivity index (χ4v) is 2.33. The fourth-order valence-electron chi connectivity index (χ4n) is 2.33. The zero-order valence-corrected chi connectivity index (χ0v) is 12.4. The lowest BCUT2D eigenvalue weighted by Gasteiger charge is -2.22. The summed E-state index contributed by atoms with van der Waals surface area (Å²) in [5.74, 6) is -0.702. The van der Waals surface area contributed by atoms with Crippen molar-refractivity contribution in [1.82, 2.24) is 15.1 Å². The van der Waals surface area contributed by atoms with E-state index in [1.54, 1.807) is 29.2 Å². The molecule has 0 radical (unpaired) electrons. The number of nitrogens with one attached hydrogen (secondary N) is 1. The molecule has 1 aliphatic carbocycles. The molecule has 0 aliphatic heterocycles. The number of rotatable bonds is 5. The molecular formula is C16H16N4O3. The van der Waals surface area contributed by atoms with Gasteiger partial charge >= 0.3 is 0 Å². The van der Waals surface area contributed by atoms with Crippen LogP contribution in [0.15, 0.2) is 41.2 Å². The predicted molar refractivity (Wildman–Crippen MR) is 82.7 cm³/mol. The Morgan fingerprint density at radius 2 is 1.87 bits per heavy atom. The molecule has 7 heteroatoms. The summed E-state index contributed by atoms with van der Waals surface area (Å²) in [7, 11) is 0. The fraction of sp³-hybridized carbons (Fsp3) is 0.250. The Morgan fingerprint density at radius 3 is 2.39 bits per heavy atom. The minimum absolute atomic E-state index is 0.187. The number of hydrogen-bond acceptors (Lipinski definition) is 4. The van der Waals surface area contributed by atoms with Crippen LogP contribution < -0.4 is 11.3 Å². The van der Waals surface area contributed by atoms with Gasteiger partial charge < -0.3 is 10.6 Å². The van der Waals surface area contributed by atoms with E-state index in [2.05, 4.69) is 10.2 Å². The maximum Gasteiger partial charge on any atom is 0.274 e. The van der Waals surface area contributed by atoms with Gasteiger partial charge in [0.05, 0.1) is 0 Å². The van der Waals surface area contributed by atoms with E-state index < -0.39 is 5.91 Å². The Kier molecular flexibility index (Phi) is 3.92. The standard InChI is InChI=1S/C16H16N4O3/c17-15(22)11-3-1-10(2-4-11)9-20(12-5-6-12)16(23)13-7-8-14(21)19-18-13/h1-4,7-8,12H,5-6,9H2,(H2,17,22)(H,19,21). The summed E-state index contributed by atoms with van der Waals surface area (Å²) in [5.41, 5.74) is 6.42. The molecule has 1 aromatic heterocycles. The van der Waals surface area contributed by atoms with Gasteiger partial charge in [-0.15, -0.1) is 0 Å². The largest absolute Gasteiger partial charge is 0.366 e. The Bertz CT molecular complexity index is 773. The van der Waals surface area contributed by atoms with Gasteiger partial charge in [-0.25, -0.2) is 5.10 Å². The molecule has 2 amide bonds. The van der Waals surface area contributed by atoms with E-state index in [0.29, 0.717) is 12.1 Å². The monoisotopic (exact) mass is 312 g/mol. The third-order valence-electron chi connectivity index (χ3n) is 3.74. The van der Waals surface area contributed by atoms with Gasteiger partial charge in [-0.1, -0.05) is 12.1 Å². The van der Waals surface area contributed by atoms with Crippen LogP contribution in [0.25, 0.3) is 0 Å². The van der Waals surface area contributed by atoms with Crippen LogP contribution in [0.3, 0.4) is 0 Å². The van der Waals surface area contributed by atoms with Gasteiger partial charge in [-0.2, -0.15) is 5.10 Å². The van der Waals surface area contributed by atoms with Gasteiger partial charge in [0.1, 0.15) is 5.69 Å². The molecule has 0 saturated heterocycles. The quantitative estimate of drug-likeness (QED) is 0.845. The number of aromatic amines is 1. The summed E-state index contributed by atoms with van der Waals surface area (Å²) in [5, 5.41) is 6.07. The molecule has 0 atom stereocenters. The molecular weight excluding hydrogens is 296 g/mol. The highest BCUT2D eigenvalue weighted by Gasteiger charge is 2.33. The van der Waals surface area contributed by atoms with Crippen LogP contribution in [-0.4, -0.2) is 33.0 Å². The lowest BCUT2D eigenvalue weighted by atomic mass is 10.1. The average molecular weight is 312 g/mol. The summed E-state index contributed by atoms with van der Waals surface area (Å²) < 4.78 is 0. The van der Waals surface area contributed by atoms with Gasteiger partial charge in [0.15, 0.2) is 0 Å². The highest BCUT2D eigenvalue weighted by Crippen LogP contribution is 2.29. The first-order valence-electron chi connectivity index (χ1n) is 7.30. The van der Waals surface area contributed by atoms with E-state index >= 15 is 0 Å². The number of carbonyl (C=O) groups is 2. The molecule has 1 aromatic carbocycles. The van der Waals surface area contributed by atoms with E-state index in [0.717, 1.165) is 18.4 Å². The van der Waals surface area contributed by atoms with Crippen LogP contribution in [-0.2, 0) is 6.54 Å². The molecule has 1 fully saturated rings. The van der Waals surface area contributed by atoms with E-state index in [9.17, 15) is 14.4 Å². The smallest absolute Gasteiger partial charge is 0.274 e. The zero-order valence-electron chi connectivity index (χ0n) is 12.4. The third-order valence-corrected chi connectivity index (χ3v) is 3.74. The molecule has 1 aliphatic rings. The van der Waals surface area contributed by atoms with Crippen LogP contribution in [0.4, 0.5) is 0 Å². The molecule has 3 N–H and O–H groups in total. The minimum atomic E-state index is -0.482. The van der Waals surface area contributed by atoms with Crippen molar-refractivity contribution in [2.45, 2.75) is 25.4 Å². The number of aromatic nitrogens is 2. The number of amides is 2. The zero-order chi connectivity index (χ0) is 16.4. The van der Waals surface area contributed by atoms with Crippen LogP contribution in [0, 0.1) is 0 Å². The van der Waals surface area contributed by atoms with Gasteiger partial charge in [0, 0.05) is 24.2 Å². The van der Waals surface area contributed by atoms with E-state index in [1.165, 1.54) is 12.1 Å². The van der Waals surface area contributed by atoms with Gasteiger partial charge in [0.2, 0.25) is 5.91 Å². The van der Waals surface area contributed by atoms with Crippen molar-refractivity contribution >= 4 is 11.8 Å². The molecule has 1 saturated carbocycles. The summed E-state index contributed by atoms with van der Waals surface area (Å²) in [6, 6.07) is 9.75. The van der Waals surface area contributed by atoms with Gasteiger partial charge in [-0.3, -0.25) is 14.4 Å². The van der Waals surface area contributed by atoms with Crippen molar-refractivity contribution in [2.75, 3.05) is 0 Å². The second-order valence-corrected chi connectivity index (χ2v) is 5.53. The second-order valence-electron chi connectivity index (χ2n) is 5.53. The molecule has 0 unspecified atom stereocenters. The molecule has 3 rings (SSSR count). The number of nitrogens with two attached hydrogens (primary N) is 1. The van der Waals surface area contributed by atoms with E-state index in [-0.39, 0.29) is 23.2 Å². The Hall–Kier alpha value is -2.96. The maximum absolute atomic E-state index is 12.6. The second kappa shape index (κ2) is 6.04. The Morgan fingerprint density at radius 1 is 1.17 bits per heavy atom. The number of nitrogens with zero attached hydrogens (tertiary/aromatic N) is 2. The van der Waals surface area contributed by atoms with E-state index in [1.807, 2.05) is 0 Å². The lowest BCUT2D eigenvalue weighted by Crippen LogP contribution is -2.33. The molecule has 0 spiro atoms. The Balaban J connectivity index is 1.79. The normalized spacial score (nSPS) is 13.6.